The average molecular weight is 366 g/mol. The van der Waals surface area contributed by atoms with Gasteiger partial charge >= 0.3 is 0 Å². The minimum Gasteiger partial charge on any atom is -0.396 e. The van der Waals surface area contributed by atoms with Crippen LogP contribution in [-0.4, -0.2) is 25.7 Å². The minimum absolute atomic E-state index is 0.0613. The number of nitrogens with two attached hydrogens (primary N) is 2. The Morgan fingerprint density at radius 3 is 2.59 bits per heavy atom. The third-order valence-corrected chi connectivity index (χ3v) is 4.09. The lowest BCUT2D eigenvalue weighted by Gasteiger charge is -2.06. The number of carbonyl (C=O) groups excluding carboxylic acids is 1. The summed E-state index contributed by atoms with van der Waals surface area (Å²) in [6.45, 7) is 0. The summed E-state index contributed by atoms with van der Waals surface area (Å²) in [5, 5.41) is 0.386. The second-order valence-electron chi connectivity index (χ2n) is 5.80. The molecule has 0 bridgehead atoms. The van der Waals surface area contributed by atoms with Crippen LogP contribution in [0, 0.1) is 11.6 Å². The van der Waals surface area contributed by atoms with Crippen LogP contribution in [0.5, 0.6) is 0 Å². The van der Waals surface area contributed by atoms with Gasteiger partial charge in [0.25, 0.3) is 0 Å². The summed E-state index contributed by atoms with van der Waals surface area (Å²) in [6, 6.07) is 3.65. The molecule has 0 atom stereocenters. The van der Waals surface area contributed by atoms with Crippen molar-refractivity contribution in [1.82, 2.24) is 19.9 Å². The molecule has 0 fully saturated rings. The summed E-state index contributed by atoms with van der Waals surface area (Å²) in [5.41, 5.74) is 11.5. The number of aromatic amines is 1. The summed E-state index contributed by atoms with van der Waals surface area (Å²) in [4.78, 5) is 27.9. The molecular formula is C18H12F2N6O. The van der Waals surface area contributed by atoms with E-state index in [-0.39, 0.29) is 17.1 Å². The van der Waals surface area contributed by atoms with E-state index in [1.165, 1.54) is 24.8 Å². The van der Waals surface area contributed by atoms with Crippen LogP contribution in [0.2, 0.25) is 0 Å². The number of aromatic nitrogens is 4. The first-order valence-corrected chi connectivity index (χ1v) is 7.79. The summed E-state index contributed by atoms with van der Waals surface area (Å²) in [7, 11) is 0. The number of hydrogen-bond donors (Lipinski definition) is 3. The first kappa shape index (κ1) is 16.6. The van der Waals surface area contributed by atoms with Gasteiger partial charge in [-0.25, -0.2) is 18.7 Å². The number of nitrogen functional groups attached to an aromatic ring is 2. The standard InChI is InChI=1S/C18H12F2N6O/c19-11-1-2-12(21)16(20)15(11)17(27)10-5-26-18-9(10)3-8(4-25-18)13-6-24-14(22)7-23-13/h1-7H,21H2,(H2,22,24)(H,25,26). The number of nitrogens with one attached hydrogen (secondary N) is 1. The molecule has 5 N–H and O–H groups in total. The van der Waals surface area contributed by atoms with Crippen LogP contribution < -0.4 is 11.5 Å². The van der Waals surface area contributed by atoms with Crippen molar-refractivity contribution in [2.45, 2.75) is 0 Å². The molecule has 4 rings (SSSR count). The molecule has 0 saturated carbocycles. The van der Waals surface area contributed by atoms with Crippen LogP contribution in [0.4, 0.5) is 20.3 Å². The first-order chi connectivity index (χ1) is 13.0. The van der Waals surface area contributed by atoms with E-state index < -0.39 is 23.0 Å². The Balaban J connectivity index is 1.86. The second kappa shape index (κ2) is 6.13. The maximum Gasteiger partial charge on any atom is 0.201 e. The zero-order chi connectivity index (χ0) is 19.1. The highest BCUT2D eigenvalue weighted by Crippen LogP contribution is 2.27. The molecule has 0 aliphatic rings. The van der Waals surface area contributed by atoms with Crippen LogP contribution >= 0.6 is 0 Å². The third kappa shape index (κ3) is 2.74. The van der Waals surface area contributed by atoms with E-state index in [9.17, 15) is 13.6 Å². The highest BCUT2D eigenvalue weighted by atomic mass is 19.1. The third-order valence-electron chi connectivity index (χ3n) is 4.09. The van der Waals surface area contributed by atoms with Gasteiger partial charge in [-0.2, -0.15) is 0 Å². The number of ketones is 1. The molecule has 3 heterocycles. The van der Waals surface area contributed by atoms with Crippen molar-refractivity contribution in [3.8, 4) is 11.3 Å². The Bertz CT molecular complexity index is 1190. The first-order valence-electron chi connectivity index (χ1n) is 7.79. The average Bonchev–Trinajstić information content (AvgIpc) is 3.09. The van der Waals surface area contributed by atoms with Crippen LogP contribution in [-0.2, 0) is 0 Å². The zero-order valence-corrected chi connectivity index (χ0v) is 13.7. The molecule has 0 spiro atoms. The molecule has 0 saturated heterocycles. The summed E-state index contributed by atoms with van der Waals surface area (Å²) < 4.78 is 28.3. The van der Waals surface area contributed by atoms with E-state index >= 15 is 0 Å². The maximum atomic E-state index is 14.2. The number of nitrogens with zero attached hydrogens (tertiary/aromatic N) is 3. The number of hydrogen-bond acceptors (Lipinski definition) is 6. The SMILES string of the molecule is Nc1cnc(-c2cnc3[nH]cc(C(=O)c4c(F)ccc(N)c4F)c3c2)cn1. The number of pyridine rings is 1. The molecule has 134 valence electrons. The lowest BCUT2D eigenvalue weighted by atomic mass is 10.0. The number of benzene rings is 1. The highest BCUT2D eigenvalue weighted by Gasteiger charge is 2.24. The molecule has 27 heavy (non-hydrogen) atoms. The van der Waals surface area contributed by atoms with Gasteiger partial charge in [-0.05, 0) is 18.2 Å². The van der Waals surface area contributed by atoms with Crippen molar-refractivity contribution in [3.05, 3.63) is 65.7 Å². The Morgan fingerprint density at radius 1 is 1.04 bits per heavy atom. The number of rotatable bonds is 3. The van der Waals surface area contributed by atoms with Gasteiger partial charge in [-0.15, -0.1) is 0 Å². The summed E-state index contributed by atoms with van der Waals surface area (Å²) in [5.74, 6) is -2.67. The number of anilines is 2. The van der Waals surface area contributed by atoms with Crippen molar-refractivity contribution in [2.24, 2.45) is 0 Å². The fraction of sp³-hybridized carbons (Fsp3) is 0. The van der Waals surface area contributed by atoms with Gasteiger partial charge in [0.2, 0.25) is 5.78 Å². The molecule has 0 radical (unpaired) electrons. The number of H-pyrrole nitrogens is 1. The maximum absolute atomic E-state index is 14.2. The topological polar surface area (TPSA) is 124 Å². The van der Waals surface area contributed by atoms with Crippen LogP contribution in [0.25, 0.3) is 22.3 Å². The van der Waals surface area contributed by atoms with Gasteiger partial charge in [0, 0.05) is 28.9 Å². The van der Waals surface area contributed by atoms with Crippen LogP contribution in [0.15, 0.2) is 43.0 Å². The van der Waals surface area contributed by atoms with E-state index in [0.717, 1.165) is 12.1 Å². The fourth-order valence-electron chi connectivity index (χ4n) is 2.73. The predicted octanol–water partition coefficient (Wildman–Crippen LogP) is 2.69. The molecular weight excluding hydrogens is 354 g/mol. The molecule has 0 amide bonds. The lowest BCUT2D eigenvalue weighted by molar-refractivity contribution is 0.103. The quantitative estimate of drug-likeness (QED) is 0.378. The zero-order valence-electron chi connectivity index (χ0n) is 13.7. The lowest BCUT2D eigenvalue weighted by Crippen LogP contribution is -2.09. The van der Waals surface area contributed by atoms with Gasteiger partial charge in [-0.3, -0.25) is 9.78 Å². The molecule has 7 nitrogen and oxygen atoms in total. The summed E-state index contributed by atoms with van der Waals surface area (Å²) >= 11 is 0. The molecule has 0 aliphatic heterocycles. The molecule has 0 aliphatic carbocycles. The second-order valence-corrected chi connectivity index (χ2v) is 5.80. The van der Waals surface area contributed by atoms with E-state index in [1.54, 1.807) is 6.07 Å². The smallest absolute Gasteiger partial charge is 0.201 e. The van der Waals surface area contributed by atoms with Crippen molar-refractivity contribution in [2.75, 3.05) is 11.5 Å². The van der Waals surface area contributed by atoms with Crippen molar-refractivity contribution in [1.29, 1.82) is 0 Å². The normalized spacial score (nSPS) is 11.0. The Labute approximate surface area is 151 Å². The van der Waals surface area contributed by atoms with Crippen LogP contribution in [0.1, 0.15) is 15.9 Å². The molecule has 0 unspecified atom stereocenters. The van der Waals surface area contributed by atoms with Gasteiger partial charge in [-0.1, -0.05) is 0 Å². The van der Waals surface area contributed by atoms with Crippen LogP contribution in [0.3, 0.4) is 0 Å². The molecule has 4 aromatic rings. The van der Waals surface area contributed by atoms with Gasteiger partial charge < -0.3 is 16.5 Å². The Morgan fingerprint density at radius 2 is 1.85 bits per heavy atom. The number of carbonyl (C=O) groups is 1. The summed E-state index contributed by atoms with van der Waals surface area (Å²) in [6.07, 6.45) is 5.74. The van der Waals surface area contributed by atoms with E-state index in [0.29, 0.717) is 22.3 Å². The number of halogens is 2. The van der Waals surface area contributed by atoms with Gasteiger partial charge in [0.1, 0.15) is 17.3 Å². The fourth-order valence-corrected chi connectivity index (χ4v) is 2.73. The monoisotopic (exact) mass is 366 g/mol. The van der Waals surface area contributed by atoms with Gasteiger partial charge in [0.15, 0.2) is 5.82 Å². The van der Waals surface area contributed by atoms with E-state index in [4.69, 9.17) is 11.5 Å². The van der Waals surface area contributed by atoms with Crippen molar-refractivity contribution in [3.63, 3.8) is 0 Å². The van der Waals surface area contributed by atoms with E-state index in [2.05, 4.69) is 19.9 Å². The predicted molar refractivity (Wildman–Crippen MR) is 95.7 cm³/mol. The number of fused-ring (bicyclic) bond motifs is 1. The largest absolute Gasteiger partial charge is 0.396 e. The Hall–Kier alpha value is -3.88. The molecule has 9 heteroatoms. The minimum atomic E-state index is -1.09. The van der Waals surface area contributed by atoms with E-state index in [1.807, 2.05) is 0 Å². The molecule has 1 aromatic carbocycles. The van der Waals surface area contributed by atoms with Crippen molar-refractivity contribution >= 4 is 28.3 Å². The molecule has 3 aromatic heterocycles. The highest BCUT2D eigenvalue weighted by molar-refractivity contribution is 6.16. The Kier molecular flexibility index (Phi) is 3.76. The van der Waals surface area contributed by atoms with Crippen molar-refractivity contribution < 1.29 is 13.6 Å². The van der Waals surface area contributed by atoms with Gasteiger partial charge in [0.05, 0.1) is 29.3 Å².